The Morgan fingerprint density at radius 2 is 1.96 bits per heavy atom. The van der Waals surface area contributed by atoms with Gasteiger partial charge in [0.05, 0.1) is 13.0 Å². The van der Waals surface area contributed by atoms with Crippen LogP contribution in [0.25, 0.3) is 10.9 Å². The number of hydrogen-bond donors (Lipinski definition) is 0. The molecule has 0 radical (unpaired) electrons. The van der Waals surface area contributed by atoms with Crippen LogP contribution in [0.3, 0.4) is 0 Å². The number of fused-ring (bicyclic) bond motifs is 1. The maximum absolute atomic E-state index is 13.0. The molecule has 4 rings (SSSR count). The minimum Gasteiger partial charge on any atom is -0.486 e. The van der Waals surface area contributed by atoms with Gasteiger partial charge in [-0.05, 0) is 29.8 Å². The largest absolute Gasteiger partial charge is 0.486 e. The van der Waals surface area contributed by atoms with E-state index in [0.29, 0.717) is 13.1 Å². The maximum Gasteiger partial charge on any atom is 0.227 e. The van der Waals surface area contributed by atoms with Crippen molar-refractivity contribution < 1.29 is 13.9 Å². The lowest BCUT2D eigenvalue weighted by Gasteiger charge is -2.18. The molecule has 1 fully saturated rings. The van der Waals surface area contributed by atoms with Crippen LogP contribution >= 0.6 is 0 Å². The third-order valence-electron chi connectivity index (χ3n) is 4.66. The molecule has 0 bridgehead atoms. The van der Waals surface area contributed by atoms with Gasteiger partial charge in [0.15, 0.2) is 0 Å². The standard InChI is InChI=1S/C21H19FN2O2/c22-17-8-6-15(7-9-17)13-20(25)24-12-10-18(14-24)26-19-5-1-3-16-4-2-11-23-21(16)19/h1-9,11,18H,10,12-14H2. The first-order valence-electron chi connectivity index (χ1n) is 8.72. The van der Waals surface area contributed by atoms with E-state index >= 15 is 0 Å². The number of pyridine rings is 1. The summed E-state index contributed by atoms with van der Waals surface area (Å²) in [6.45, 7) is 1.23. The van der Waals surface area contributed by atoms with E-state index in [1.807, 2.05) is 35.2 Å². The molecule has 0 aliphatic carbocycles. The average Bonchev–Trinajstić information content (AvgIpc) is 3.13. The molecule has 4 nitrogen and oxygen atoms in total. The highest BCUT2D eigenvalue weighted by atomic mass is 19.1. The summed E-state index contributed by atoms with van der Waals surface area (Å²) in [5, 5.41) is 1.03. The van der Waals surface area contributed by atoms with Crippen molar-refractivity contribution in [1.29, 1.82) is 0 Å². The van der Waals surface area contributed by atoms with E-state index in [1.54, 1.807) is 18.3 Å². The monoisotopic (exact) mass is 350 g/mol. The highest BCUT2D eigenvalue weighted by molar-refractivity contribution is 5.84. The number of amides is 1. The van der Waals surface area contributed by atoms with Crippen LogP contribution in [-0.2, 0) is 11.2 Å². The van der Waals surface area contributed by atoms with E-state index in [9.17, 15) is 9.18 Å². The number of likely N-dealkylation sites (tertiary alicyclic amines) is 1. The highest BCUT2D eigenvalue weighted by Gasteiger charge is 2.28. The predicted octanol–water partition coefficient (Wildman–Crippen LogP) is 3.60. The van der Waals surface area contributed by atoms with Crippen molar-refractivity contribution in [2.24, 2.45) is 0 Å². The van der Waals surface area contributed by atoms with E-state index in [4.69, 9.17) is 4.74 Å². The second-order valence-corrected chi connectivity index (χ2v) is 6.50. The summed E-state index contributed by atoms with van der Waals surface area (Å²) in [6.07, 6.45) is 2.78. The summed E-state index contributed by atoms with van der Waals surface area (Å²) in [5.74, 6) is 0.499. The van der Waals surface area contributed by atoms with Gasteiger partial charge in [-0.2, -0.15) is 0 Å². The number of halogens is 1. The topological polar surface area (TPSA) is 42.4 Å². The fourth-order valence-corrected chi connectivity index (χ4v) is 3.29. The Morgan fingerprint density at radius 1 is 1.15 bits per heavy atom. The number of ether oxygens (including phenoxy) is 1. The van der Waals surface area contributed by atoms with E-state index in [0.717, 1.165) is 28.6 Å². The Hall–Kier alpha value is -2.95. The summed E-state index contributed by atoms with van der Waals surface area (Å²) in [4.78, 5) is 18.7. The molecule has 1 aliphatic heterocycles. The van der Waals surface area contributed by atoms with Crippen molar-refractivity contribution >= 4 is 16.8 Å². The summed E-state index contributed by atoms with van der Waals surface area (Å²) in [7, 11) is 0. The van der Waals surface area contributed by atoms with Crippen molar-refractivity contribution in [3.05, 3.63) is 72.2 Å². The third kappa shape index (κ3) is 3.52. The van der Waals surface area contributed by atoms with Crippen molar-refractivity contribution in [3.63, 3.8) is 0 Å². The summed E-state index contributed by atoms with van der Waals surface area (Å²) in [6, 6.07) is 15.8. The van der Waals surface area contributed by atoms with Gasteiger partial charge in [0, 0.05) is 24.5 Å². The minimum absolute atomic E-state index is 0.0405. The van der Waals surface area contributed by atoms with Gasteiger partial charge in [0.25, 0.3) is 0 Å². The van der Waals surface area contributed by atoms with Gasteiger partial charge in [-0.1, -0.05) is 30.3 Å². The smallest absolute Gasteiger partial charge is 0.227 e. The van der Waals surface area contributed by atoms with Gasteiger partial charge in [0.1, 0.15) is 23.2 Å². The normalized spacial score (nSPS) is 16.8. The number of aromatic nitrogens is 1. The first-order chi connectivity index (χ1) is 12.7. The summed E-state index contributed by atoms with van der Waals surface area (Å²) >= 11 is 0. The number of nitrogens with zero attached hydrogens (tertiary/aromatic N) is 2. The van der Waals surface area contributed by atoms with Crippen molar-refractivity contribution in [2.75, 3.05) is 13.1 Å². The summed E-state index contributed by atoms with van der Waals surface area (Å²) in [5.41, 5.74) is 1.66. The average molecular weight is 350 g/mol. The fourth-order valence-electron chi connectivity index (χ4n) is 3.29. The molecule has 1 saturated heterocycles. The molecule has 1 aromatic heterocycles. The number of carbonyl (C=O) groups excluding carboxylic acids is 1. The zero-order valence-electron chi connectivity index (χ0n) is 14.3. The van der Waals surface area contributed by atoms with E-state index in [1.165, 1.54) is 12.1 Å². The van der Waals surface area contributed by atoms with Gasteiger partial charge in [-0.25, -0.2) is 4.39 Å². The maximum atomic E-state index is 13.0. The molecular formula is C21H19FN2O2. The first-order valence-corrected chi connectivity index (χ1v) is 8.72. The number of benzene rings is 2. The molecule has 0 N–H and O–H groups in total. The molecule has 1 atom stereocenters. The molecule has 1 aliphatic rings. The molecule has 0 spiro atoms. The van der Waals surface area contributed by atoms with Crippen LogP contribution in [0.5, 0.6) is 5.75 Å². The zero-order chi connectivity index (χ0) is 17.9. The lowest BCUT2D eigenvalue weighted by atomic mass is 10.1. The molecule has 26 heavy (non-hydrogen) atoms. The number of carbonyl (C=O) groups is 1. The van der Waals surface area contributed by atoms with Crippen LogP contribution in [-0.4, -0.2) is 35.0 Å². The van der Waals surface area contributed by atoms with Crippen molar-refractivity contribution in [3.8, 4) is 5.75 Å². The van der Waals surface area contributed by atoms with E-state index in [-0.39, 0.29) is 24.2 Å². The van der Waals surface area contributed by atoms with Crippen molar-refractivity contribution in [1.82, 2.24) is 9.88 Å². The molecule has 1 unspecified atom stereocenters. The second kappa shape index (κ2) is 7.12. The molecule has 3 aromatic rings. The molecule has 2 aromatic carbocycles. The van der Waals surface area contributed by atoms with Crippen LogP contribution < -0.4 is 4.74 Å². The lowest BCUT2D eigenvalue weighted by Crippen LogP contribution is -2.32. The van der Waals surface area contributed by atoms with Crippen LogP contribution in [0.4, 0.5) is 4.39 Å². The van der Waals surface area contributed by atoms with E-state index in [2.05, 4.69) is 4.98 Å². The SMILES string of the molecule is O=C(Cc1ccc(F)cc1)N1CCC(Oc2cccc3cccnc23)C1. The second-order valence-electron chi connectivity index (χ2n) is 6.50. The Bertz CT molecular complexity index is 921. The minimum atomic E-state index is -0.292. The lowest BCUT2D eigenvalue weighted by molar-refractivity contribution is -0.129. The van der Waals surface area contributed by atoms with E-state index < -0.39 is 0 Å². The fraction of sp³-hybridized carbons (Fsp3) is 0.238. The molecular weight excluding hydrogens is 331 g/mol. The van der Waals surface area contributed by atoms with Crippen LogP contribution in [0.2, 0.25) is 0 Å². The molecule has 1 amide bonds. The molecule has 5 heteroatoms. The zero-order valence-corrected chi connectivity index (χ0v) is 14.3. The number of rotatable bonds is 4. The number of para-hydroxylation sites is 1. The van der Waals surface area contributed by atoms with Gasteiger partial charge < -0.3 is 9.64 Å². The Kier molecular flexibility index (Phi) is 4.52. The first kappa shape index (κ1) is 16.5. The quantitative estimate of drug-likeness (QED) is 0.722. The highest BCUT2D eigenvalue weighted by Crippen LogP contribution is 2.26. The van der Waals surface area contributed by atoms with Gasteiger partial charge >= 0.3 is 0 Å². The Morgan fingerprint density at radius 3 is 2.81 bits per heavy atom. The Labute approximate surface area is 151 Å². The molecule has 132 valence electrons. The molecule has 2 heterocycles. The van der Waals surface area contributed by atoms with Gasteiger partial charge in [0.2, 0.25) is 5.91 Å². The van der Waals surface area contributed by atoms with Crippen LogP contribution in [0.15, 0.2) is 60.8 Å². The Balaban J connectivity index is 1.40. The van der Waals surface area contributed by atoms with Crippen LogP contribution in [0, 0.1) is 5.82 Å². The predicted molar refractivity (Wildman–Crippen MR) is 97.5 cm³/mol. The van der Waals surface area contributed by atoms with Gasteiger partial charge in [-0.3, -0.25) is 9.78 Å². The third-order valence-corrected chi connectivity index (χ3v) is 4.66. The summed E-state index contributed by atoms with van der Waals surface area (Å²) < 4.78 is 19.1. The van der Waals surface area contributed by atoms with Crippen molar-refractivity contribution in [2.45, 2.75) is 18.9 Å². The number of hydrogen-bond acceptors (Lipinski definition) is 3. The van der Waals surface area contributed by atoms with Gasteiger partial charge in [-0.15, -0.1) is 0 Å². The molecule has 0 saturated carbocycles. The van der Waals surface area contributed by atoms with Crippen LogP contribution in [0.1, 0.15) is 12.0 Å².